The van der Waals surface area contributed by atoms with Gasteiger partial charge in [-0.1, -0.05) is 0 Å². The quantitative estimate of drug-likeness (QED) is 0.907. The lowest BCUT2D eigenvalue weighted by Crippen LogP contribution is -2.50. The Kier molecular flexibility index (Phi) is 3.63. The van der Waals surface area contributed by atoms with Crippen LogP contribution in [0.1, 0.15) is 29.9 Å². The van der Waals surface area contributed by atoms with Crippen LogP contribution >= 0.6 is 0 Å². The van der Waals surface area contributed by atoms with Crippen molar-refractivity contribution in [2.45, 2.75) is 26.8 Å². The maximum absolute atomic E-state index is 12.6. The van der Waals surface area contributed by atoms with E-state index in [0.717, 1.165) is 37.3 Å². The molecule has 0 spiro atoms. The van der Waals surface area contributed by atoms with Crippen molar-refractivity contribution in [3.63, 3.8) is 0 Å². The third-order valence-corrected chi connectivity index (χ3v) is 4.18. The van der Waals surface area contributed by atoms with E-state index in [1.165, 1.54) is 0 Å². The molecule has 112 valence electrons. The number of amides is 1. The number of hydrogen-bond donors (Lipinski definition) is 1. The summed E-state index contributed by atoms with van der Waals surface area (Å²) in [5, 5.41) is 7.91. The molecule has 0 atom stereocenters. The lowest BCUT2D eigenvalue weighted by molar-refractivity contribution is 0.0595. The van der Waals surface area contributed by atoms with Crippen LogP contribution in [-0.4, -0.2) is 63.1 Å². The summed E-state index contributed by atoms with van der Waals surface area (Å²) >= 11 is 0. The number of carbonyl (C=O) groups excluding carboxylic acids is 1. The van der Waals surface area contributed by atoms with Crippen molar-refractivity contribution in [1.82, 2.24) is 25.0 Å². The van der Waals surface area contributed by atoms with E-state index in [0.29, 0.717) is 17.3 Å². The fourth-order valence-electron chi connectivity index (χ4n) is 2.76. The maximum atomic E-state index is 12.6. The third-order valence-electron chi connectivity index (χ3n) is 4.18. The molecule has 21 heavy (non-hydrogen) atoms. The summed E-state index contributed by atoms with van der Waals surface area (Å²) in [5.74, 6) is 0.0633. The summed E-state index contributed by atoms with van der Waals surface area (Å²) < 4.78 is 0. The van der Waals surface area contributed by atoms with Crippen LogP contribution in [0.25, 0.3) is 11.0 Å². The minimum Gasteiger partial charge on any atom is -0.336 e. The van der Waals surface area contributed by atoms with Crippen LogP contribution in [0.15, 0.2) is 12.3 Å². The lowest BCUT2D eigenvalue weighted by atomic mass is 10.1. The van der Waals surface area contributed by atoms with Gasteiger partial charge in [0, 0.05) is 49.5 Å². The Hall–Kier alpha value is -1.95. The number of aromatic amines is 1. The van der Waals surface area contributed by atoms with Gasteiger partial charge in [-0.05, 0) is 26.8 Å². The number of hydrogen-bond acceptors (Lipinski definition) is 4. The topological polar surface area (TPSA) is 65.1 Å². The number of aromatic nitrogens is 3. The molecule has 3 rings (SSSR count). The van der Waals surface area contributed by atoms with Gasteiger partial charge in [-0.3, -0.25) is 14.8 Å². The van der Waals surface area contributed by atoms with E-state index in [9.17, 15) is 4.79 Å². The largest absolute Gasteiger partial charge is 0.336 e. The Morgan fingerprint density at radius 1 is 1.29 bits per heavy atom. The Balaban J connectivity index is 1.76. The first-order chi connectivity index (χ1) is 10.1. The SMILES string of the molecule is Cc1[nH]nc2ncc(C(=O)N3CCN(C(C)C)CC3)cc12. The van der Waals surface area contributed by atoms with Crippen molar-refractivity contribution in [3.05, 3.63) is 23.5 Å². The highest BCUT2D eigenvalue weighted by molar-refractivity contribution is 5.97. The van der Waals surface area contributed by atoms with Gasteiger partial charge in [0.1, 0.15) is 0 Å². The van der Waals surface area contributed by atoms with Gasteiger partial charge in [0.2, 0.25) is 0 Å². The van der Waals surface area contributed by atoms with Crippen LogP contribution < -0.4 is 0 Å². The molecule has 6 nitrogen and oxygen atoms in total. The zero-order valence-corrected chi connectivity index (χ0v) is 12.8. The van der Waals surface area contributed by atoms with Crippen molar-refractivity contribution in [2.75, 3.05) is 26.2 Å². The first-order valence-electron chi connectivity index (χ1n) is 7.40. The Morgan fingerprint density at radius 3 is 2.67 bits per heavy atom. The van der Waals surface area contributed by atoms with Gasteiger partial charge in [-0.2, -0.15) is 5.10 Å². The maximum Gasteiger partial charge on any atom is 0.255 e. The molecule has 2 aromatic heterocycles. The van der Waals surface area contributed by atoms with Gasteiger partial charge in [0.25, 0.3) is 5.91 Å². The highest BCUT2D eigenvalue weighted by atomic mass is 16.2. The summed E-state index contributed by atoms with van der Waals surface area (Å²) in [6.45, 7) is 9.74. The van der Waals surface area contributed by atoms with E-state index in [-0.39, 0.29) is 5.91 Å². The van der Waals surface area contributed by atoms with Crippen molar-refractivity contribution in [2.24, 2.45) is 0 Å². The molecule has 1 amide bonds. The van der Waals surface area contributed by atoms with Crippen LogP contribution in [0, 0.1) is 6.92 Å². The molecule has 0 saturated carbocycles. The molecule has 0 aliphatic carbocycles. The van der Waals surface area contributed by atoms with Crippen molar-refractivity contribution in [3.8, 4) is 0 Å². The van der Waals surface area contributed by atoms with E-state index in [2.05, 4.69) is 33.9 Å². The molecular formula is C15H21N5O. The summed E-state index contributed by atoms with van der Waals surface area (Å²) in [6.07, 6.45) is 1.62. The fraction of sp³-hybridized carbons (Fsp3) is 0.533. The Bertz CT molecular complexity index is 655. The number of carbonyl (C=O) groups is 1. The Morgan fingerprint density at radius 2 is 2.00 bits per heavy atom. The monoisotopic (exact) mass is 287 g/mol. The van der Waals surface area contributed by atoms with Crippen LogP contribution in [0.4, 0.5) is 0 Å². The standard InChI is InChI=1S/C15H21N5O/c1-10(2)19-4-6-20(7-5-19)15(21)12-8-13-11(3)17-18-14(13)16-9-12/h8-10H,4-7H2,1-3H3,(H,16,17,18). The zero-order chi connectivity index (χ0) is 15.0. The van der Waals surface area contributed by atoms with Crippen LogP contribution in [-0.2, 0) is 0 Å². The summed E-state index contributed by atoms with van der Waals surface area (Å²) in [7, 11) is 0. The summed E-state index contributed by atoms with van der Waals surface area (Å²) in [6, 6.07) is 2.42. The second kappa shape index (κ2) is 5.44. The average molecular weight is 287 g/mol. The third kappa shape index (κ3) is 2.63. The van der Waals surface area contributed by atoms with Gasteiger partial charge in [0.15, 0.2) is 5.65 Å². The lowest BCUT2D eigenvalue weighted by Gasteiger charge is -2.36. The number of nitrogens with zero attached hydrogens (tertiary/aromatic N) is 4. The molecule has 0 aromatic carbocycles. The van der Waals surface area contributed by atoms with E-state index < -0.39 is 0 Å². The molecule has 3 heterocycles. The number of pyridine rings is 1. The Labute approximate surface area is 124 Å². The summed E-state index contributed by atoms with van der Waals surface area (Å²) in [5.41, 5.74) is 2.25. The van der Waals surface area contributed by atoms with Crippen LogP contribution in [0.2, 0.25) is 0 Å². The van der Waals surface area contributed by atoms with E-state index in [1.54, 1.807) is 6.20 Å². The van der Waals surface area contributed by atoms with E-state index in [1.807, 2.05) is 17.9 Å². The van der Waals surface area contributed by atoms with Crippen LogP contribution in [0.5, 0.6) is 0 Å². The molecule has 1 aliphatic heterocycles. The molecule has 0 radical (unpaired) electrons. The zero-order valence-electron chi connectivity index (χ0n) is 12.8. The smallest absolute Gasteiger partial charge is 0.255 e. The highest BCUT2D eigenvalue weighted by Crippen LogP contribution is 2.16. The van der Waals surface area contributed by atoms with E-state index in [4.69, 9.17) is 0 Å². The second-order valence-electron chi connectivity index (χ2n) is 5.87. The molecule has 2 aromatic rings. The number of H-pyrrole nitrogens is 1. The molecule has 1 fully saturated rings. The fourth-order valence-corrected chi connectivity index (χ4v) is 2.76. The van der Waals surface area contributed by atoms with E-state index >= 15 is 0 Å². The summed E-state index contributed by atoms with van der Waals surface area (Å²) in [4.78, 5) is 21.2. The molecule has 1 N–H and O–H groups in total. The van der Waals surface area contributed by atoms with Crippen molar-refractivity contribution < 1.29 is 4.79 Å². The number of fused-ring (bicyclic) bond motifs is 1. The first-order valence-corrected chi connectivity index (χ1v) is 7.40. The number of rotatable bonds is 2. The van der Waals surface area contributed by atoms with Crippen LogP contribution in [0.3, 0.4) is 0 Å². The van der Waals surface area contributed by atoms with Gasteiger partial charge < -0.3 is 4.90 Å². The molecule has 1 aliphatic rings. The number of aryl methyl sites for hydroxylation is 1. The minimum absolute atomic E-state index is 0.0633. The van der Waals surface area contributed by atoms with Gasteiger partial charge in [0.05, 0.1) is 5.56 Å². The molecular weight excluding hydrogens is 266 g/mol. The van der Waals surface area contributed by atoms with Crippen molar-refractivity contribution >= 4 is 16.9 Å². The number of piperazine rings is 1. The molecule has 1 saturated heterocycles. The first kappa shape index (κ1) is 14.0. The van der Waals surface area contributed by atoms with Crippen molar-refractivity contribution in [1.29, 1.82) is 0 Å². The average Bonchev–Trinajstić information content (AvgIpc) is 2.87. The highest BCUT2D eigenvalue weighted by Gasteiger charge is 2.23. The second-order valence-corrected chi connectivity index (χ2v) is 5.87. The minimum atomic E-state index is 0.0633. The molecule has 0 bridgehead atoms. The van der Waals surface area contributed by atoms with Gasteiger partial charge in [-0.25, -0.2) is 4.98 Å². The molecule has 0 unspecified atom stereocenters. The predicted octanol–water partition coefficient (Wildman–Crippen LogP) is 1.43. The molecule has 6 heteroatoms. The predicted molar refractivity (Wildman–Crippen MR) is 81.2 cm³/mol. The normalized spacial score (nSPS) is 16.9. The number of nitrogens with one attached hydrogen (secondary N) is 1. The van der Waals surface area contributed by atoms with Gasteiger partial charge >= 0.3 is 0 Å². The van der Waals surface area contributed by atoms with Gasteiger partial charge in [-0.15, -0.1) is 0 Å².